The first-order valence-corrected chi connectivity index (χ1v) is 6.36. The number of methoxy groups -OCH3 is 1. The van der Waals surface area contributed by atoms with Crippen LogP contribution in [0.15, 0.2) is 29.1 Å². The normalized spacial score (nSPS) is 11.9. The Kier molecular flexibility index (Phi) is 4.32. The maximum atomic E-state index is 11.9. The lowest BCUT2D eigenvalue weighted by Crippen LogP contribution is -2.40. The summed E-state index contributed by atoms with van der Waals surface area (Å²) in [5.74, 6) is -0.903. The lowest BCUT2D eigenvalue weighted by molar-refractivity contribution is -0.144. The molecule has 110 valence electrons. The van der Waals surface area contributed by atoms with E-state index >= 15 is 0 Å². The van der Waals surface area contributed by atoms with Crippen molar-refractivity contribution in [1.82, 2.24) is 15.5 Å². The molecule has 0 saturated carbocycles. The predicted molar refractivity (Wildman–Crippen MR) is 75.7 cm³/mol. The predicted octanol–water partition coefficient (Wildman–Crippen LogP) is 0.143. The molecule has 2 aromatic rings. The molecule has 1 aromatic carbocycles. The second-order valence-electron chi connectivity index (χ2n) is 4.53. The van der Waals surface area contributed by atoms with Gasteiger partial charge in [0.05, 0.1) is 24.6 Å². The number of ether oxygens (including phenoxy) is 1. The molecule has 21 heavy (non-hydrogen) atoms. The van der Waals surface area contributed by atoms with E-state index in [2.05, 4.69) is 20.3 Å². The van der Waals surface area contributed by atoms with Crippen molar-refractivity contribution in [2.75, 3.05) is 7.11 Å². The van der Waals surface area contributed by atoms with E-state index in [1.165, 1.54) is 14.0 Å². The topological polar surface area (TPSA) is 101 Å². The van der Waals surface area contributed by atoms with Crippen LogP contribution in [0.3, 0.4) is 0 Å². The van der Waals surface area contributed by atoms with E-state index in [4.69, 9.17) is 0 Å². The molecule has 0 unspecified atom stereocenters. The summed E-state index contributed by atoms with van der Waals surface area (Å²) < 4.78 is 4.53. The number of H-pyrrole nitrogens is 1. The third kappa shape index (κ3) is 3.25. The first-order chi connectivity index (χ1) is 10.0. The number of aromatic amines is 1. The molecule has 2 rings (SSSR count). The minimum absolute atomic E-state index is 0.0430. The van der Waals surface area contributed by atoms with Gasteiger partial charge in [0, 0.05) is 5.39 Å². The average molecular weight is 289 g/mol. The molecule has 0 aliphatic heterocycles. The molecule has 7 nitrogen and oxygen atoms in total. The summed E-state index contributed by atoms with van der Waals surface area (Å²) in [7, 11) is 1.25. The molecule has 0 spiro atoms. The van der Waals surface area contributed by atoms with Gasteiger partial charge in [-0.3, -0.25) is 9.59 Å². The van der Waals surface area contributed by atoms with Crippen LogP contribution in [0.1, 0.15) is 12.6 Å². The monoisotopic (exact) mass is 289 g/mol. The Morgan fingerprint density at radius 1 is 1.33 bits per heavy atom. The number of benzene rings is 1. The van der Waals surface area contributed by atoms with Gasteiger partial charge in [-0.05, 0) is 13.0 Å². The van der Waals surface area contributed by atoms with Crippen LogP contribution in [0.5, 0.6) is 0 Å². The van der Waals surface area contributed by atoms with Crippen LogP contribution >= 0.6 is 0 Å². The number of aromatic nitrogens is 2. The standard InChI is InChI=1S/C14H15N3O4/c1-8(14(20)21-2)15-12(18)7-11-9-5-3-4-6-10(9)13(19)17-16-11/h3-6,8H,7H2,1-2H3,(H,15,18)(H,17,19)/t8-/m1/s1. The maximum Gasteiger partial charge on any atom is 0.328 e. The molecular weight excluding hydrogens is 274 g/mol. The number of nitrogens with zero attached hydrogens (tertiary/aromatic N) is 1. The Morgan fingerprint density at radius 2 is 2.00 bits per heavy atom. The Hall–Kier alpha value is -2.70. The molecule has 0 radical (unpaired) electrons. The van der Waals surface area contributed by atoms with E-state index in [1.54, 1.807) is 24.3 Å². The summed E-state index contributed by atoms with van der Waals surface area (Å²) in [6.45, 7) is 1.53. The highest BCUT2D eigenvalue weighted by Crippen LogP contribution is 2.12. The first-order valence-electron chi connectivity index (χ1n) is 6.36. The van der Waals surface area contributed by atoms with Crippen molar-refractivity contribution in [3.05, 3.63) is 40.3 Å². The van der Waals surface area contributed by atoms with Crippen LogP contribution in [0.2, 0.25) is 0 Å². The van der Waals surface area contributed by atoms with E-state index in [0.29, 0.717) is 16.5 Å². The van der Waals surface area contributed by atoms with E-state index in [1.807, 2.05) is 0 Å². The number of fused-ring (bicyclic) bond motifs is 1. The van der Waals surface area contributed by atoms with Gasteiger partial charge in [0.2, 0.25) is 5.91 Å². The number of hydrogen-bond acceptors (Lipinski definition) is 5. The molecular formula is C14H15N3O4. The van der Waals surface area contributed by atoms with Crippen molar-refractivity contribution in [2.24, 2.45) is 0 Å². The van der Waals surface area contributed by atoms with Crippen LogP contribution < -0.4 is 10.9 Å². The van der Waals surface area contributed by atoms with Gasteiger partial charge in [-0.2, -0.15) is 5.10 Å². The lowest BCUT2D eigenvalue weighted by atomic mass is 10.1. The second kappa shape index (κ2) is 6.17. The minimum atomic E-state index is -0.739. The third-order valence-electron chi connectivity index (χ3n) is 3.04. The van der Waals surface area contributed by atoms with Crippen molar-refractivity contribution in [1.29, 1.82) is 0 Å². The quantitative estimate of drug-likeness (QED) is 0.780. The van der Waals surface area contributed by atoms with Crippen LogP contribution in [0, 0.1) is 0 Å². The summed E-state index contributed by atoms with van der Waals surface area (Å²) in [6, 6.07) is 6.15. The van der Waals surface area contributed by atoms with Crippen molar-refractivity contribution < 1.29 is 14.3 Å². The van der Waals surface area contributed by atoms with Crippen LogP contribution in [0.25, 0.3) is 10.8 Å². The molecule has 0 saturated heterocycles. The van der Waals surface area contributed by atoms with Crippen LogP contribution in [0.4, 0.5) is 0 Å². The Balaban J connectivity index is 2.21. The molecule has 0 bridgehead atoms. The van der Waals surface area contributed by atoms with E-state index in [0.717, 1.165) is 0 Å². The highest BCUT2D eigenvalue weighted by atomic mass is 16.5. The Morgan fingerprint density at radius 3 is 2.67 bits per heavy atom. The Labute approximate surface area is 120 Å². The number of rotatable bonds is 4. The van der Waals surface area contributed by atoms with Gasteiger partial charge in [-0.15, -0.1) is 0 Å². The SMILES string of the molecule is COC(=O)[C@@H](C)NC(=O)Cc1n[nH]c(=O)c2ccccc12. The highest BCUT2D eigenvalue weighted by Gasteiger charge is 2.17. The zero-order valence-corrected chi connectivity index (χ0v) is 11.7. The molecule has 1 aromatic heterocycles. The zero-order valence-electron chi connectivity index (χ0n) is 11.7. The van der Waals surface area contributed by atoms with Gasteiger partial charge in [0.15, 0.2) is 0 Å². The maximum absolute atomic E-state index is 11.9. The summed E-state index contributed by atoms with van der Waals surface area (Å²) in [5.41, 5.74) is 0.137. The number of carbonyl (C=O) groups excluding carboxylic acids is 2. The summed E-state index contributed by atoms with van der Waals surface area (Å²) in [4.78, 5) is 34.8. The third-order valence-corrected chi connectivity index (χ3v) is 3.04. The molecule has 1 heterocycles. The van der Waals surface area contributed by atoms with Gasteiger partial charge in [0.25, 0.3) is 5.56 Å². The Bertz CT molecular complexity index is 738. The smallest absolute Gasteiger partial charge is 0.328 e. The second-order valence-corrected chi connectivity index (χ2v) is 4.53. The molecule has 1 amide bonds. The number of hydrogen-bond donors (Lipinski definition) is 2. The summed E-state index contributed by atoms with van der Waals surface area (Å²) in [6.07, 6.45) is -0.0430. The fourth-order valence-electron chi connectivity index (χ4n) is 1.99. The fraction of sp³-hybridized carbons (Fsp3) is 0.286. The fourth-order valence-corrected chi connectivity index (χ4v) is 1.99. The van der Waals surface area contributed by atoms with Crippen molar-refractivity contribution >= 4 is 22.6 Å². The molecule has 0 aliphatic rings. The van der Waals surface area contributed by atoms with E-state index < -0.39 is 12.0 Å². The largest absolute Gasteiger partial charge is 0.467 e. The number of carbonyl (C=O) groups is 2. The number of amides is 1. The average Bonchev–Trinajstić information content (AvgIpc) is 2.49. The number of nitrogens with one attached hydrogen (secondary N) is 2. The highest BCUT2D eigenvalue weighted by molar-refractivity contribution is 5.90. The minimum Gasteiger partial charge on any atom is -0.467 e. The van der Waals surface area contributed by atoms with Crippen molar-refractivity contribution in [3.8, 4) is 0 Å². The first kappa shape index (κ1) is 14.7. The van der Waals surface area contributed by atoms with Crippen LogP contribution in [-0.4, -0.2) is 35.2 Å². The van der Waals surface area contributed by atoms with Crippen molar-refractivity contribution in [3.63, 3.8) is 0 Å². The summed E-state index contributed by atoms with van der Waals surface area (Å²) in [5, 5.41) is 9.86. The van der Waals surface area contributed by atoms with Gasteiger partial charge in [0.1, 0.15) is 6.04 Å². The number of esters is 1. The molecule has 1 atom stereocenters. The molecule has 2 N–H and O–H groups in total. The summed E-state index contributed by atoms with van der Waals surface area (Å²) >= 11 is 0. The van der Waals surface area contributed by atoms with Crippen LogP contribution in [-0.2, 0) is 20.7 Å². The lowest BCUT2D eigenvalue weighted by Gasteiger charge is -2.11. The molecule has 0 fully saturated rings. The molecule has 0 aliphatic carbocycles. The van der Waals surface area contributed by atoms with Gasteiger partial charge < -0.3 is 10.1 Å². The van der Waals surface area contributed by atoms with Gasteiger partial charge in [-0.1, -0.05) is 18.2 Å². The van der Waals surface area contributed by atoms with E-state index in [-0.39, 0.29) is 17.9 Å². The molecule has 7 heteroatoms. The van der Waals surface area contributed by atoms with E-state index in [9.17, 15) is 14.4 Å². The van der Waals surface area contributed by atoms with Crippen molar-refractivity contribution in [2.45, 2.75) is 19.4 Å². The van der Waals surface area contributed by atoms with Gasteiger partial charge >= 0.3 is 5.97 Å². The zero-order chi connectivity index (χ0) is 15.4. The van der Waals surface area contributed by atoms with Gasteiger partial charge in [-0.25, -0.2) is 9.89 Å².